The summed E-state index contributed by atoms with van der Waals surface area (Å²) in [4.78, 5) is 35.4. The number of halogens is 1. The van der Waals surface area contributed by atoms with Crippen molar-refractivity contribution >= 4 is 18.3 Å². The first-order valence-corrected chi connectivity index (χ1v) is 10.4. The zero-order chi connectivity index (χ0) is 19.1. The number of fused-ring (bicyclic) bond motifs is 2. The number of aromatic nitrogens is 2. The molecule has 6 nitrogen and oxygen atoms in total. The lowest BCUT2D eigenvalue weighted by Gasteiger charge is -2.40. The third kappa shape index (κ3) is 3.49. The molecule has 0 radical (unpaired) electrons. The van der Waals surface area contributed by atoms with E-state index in [9.17, 15) is 9.59 Å². The van der Waals surface area contributed by atoms with Crippen molar-refractivity contribution < 1.29 is 4.79 Å². The Labute approximate surface area is 176 Å². The van der Waals surface area contributed by atoms with Crippen molar-refractivity contribution in [1.82, 2.24) is 20.2 Å². The van der Waals surface area contributed by atoms with Crippen molar-refractivity contribution in [2.24, 2.45) is 0 Å². The maximum absolute atomic E-state index is 12.7. The smallest absolute Gasteiger partial charge is 0.254 e. The Balaban J connectivity index is 0.00000205. The monoisotopic (exact) mass is 414 g/mol. The molecular weight excluding hydrogens is 388 g/mol. The first kappa shape index (κ1) is 20.1. The van der Waals surface area contributed by atoms with Crippen molar-refractivity contribution in [2.75, 3.05) is 19.6 Å². The Bertz CT molecular complexity index is 945. The molecule has 1 aliphatic carbocycles. The van der Waals surface area contributed by atoms with Crippen molar-refractivity contribution in [3.8, 4) is 11.4 Å². The molecule has 1 atom stereocenters. The summed E-state index contributed by atoms with van der Waals surface area (Å²) in [6.45, 7) is 2.45. The molecule has 0 saturated carbocycles. The lowest BCUT2D eigenvalue weighted by atomic mass is 9.76. The van der Waals surface area contributed by atoms with Gasteiger partial charge < -0.3 is 15.2 Å². The summed E-state index contributed by atoms with van der Waals surface area (Å²) in [7, 11) is 0. The van der Waals surface area contributed by atoms with Crippen LogP contribution in [-0.4, -0.2) is 46.5 Å². The highest BCUT2D eigenvalue weighted by molar-refractivity contribution is 5.85. The number of aromatic amines is 1. The summed E-state index contributed by atoms with van der Waals surface area (Å²) in [5, 5.41) is 3.31. The summed E-state index contributed by atoms with van der Waals surface area (Å²) in [6.07, 6.45) is 5.55. The van der Waals surface area contributed by atoms with Crippen molar-refractivity contribution in [3.63, 3.8) is 0 Å². The van der Waals surface area contributed by atoms with E-state index in [0.29, 0.717) is 5.82 Å². The average molecular weight is 415 g/mol. The molecule has 0 unspecified atom stereocenters. The zero-order valence-corrected chi connectivity index (χ0v) is 17.3. The number of nitrogens with one attached hydrogen (secondary N) is 2. The van der Waals surface area contributed by atoms with E-state index in [1.807, 2.05) is 35.2 Å². The van der Waals surface area contributed by atoms with Crippen molar-refractivity contribution in [1.29, 1.82) is 0 Å². The Hall–Kier alpha value is -2.18. The van der Waals surface area contributed by atoms with E-state index in [-0.39, 0.29) is 35.3 Å². The highest BCUT2D eigenvalue weighted by Crippen LogP contribution is 2.44. The Morgan fingerprint density at radius 2 is 1.90 bits per heavy atom. The number of carbonyl (C=O) groups excluding carboxylic acids is 1. The summed E-state index contributed by atoms with van der Waals surface area (Å²) < 4.78 is 0. The zero-order valence-electron chi connectivity index (χ0n) is 16.4. The maximum Gasteiger partial charge on any atom is 0.254 e. The topological polar surface area (TPSA) is 78.1 Å². The highest BCUT2D eigenvalue weighted by atomic mass is 35.5. The molecule has 29 heavy (non-hydrogen) atoms. The molecule has 154 valence electrons. The van der Waals surface area contributed by atoms with Gasteiger partial charge in [-0.25, -0.2) is 4.98 Å². The molecule has 2 saturated heterocycles. The SMILES string of the molecule is Cl.O=C([C@H]1CCCN1)N1CCC2(CCc3c2nc(-c2ccccc2)[nH]c3=O)CC1. The van der Waals surface area contributed by atoms with Gasteiger partial charge in [0, 0.05) is 29.6 Å². The van der Waals surface area contributed by atoms with E-state index in [1.54, 1.807) is 0 Å². The molecule has 7 heteroatoms. The number of likely N-dealkylation sites (tertiary alicyclic amines) is 1. The second-order valence-electron chi connectivity index (χ2n) is 8.36. The van der Waals surface area contributed by atoms with Crippen LogP contribution in [0.15, 0.2) is 35.1 Å². The van der Waals surface area contributed by atoms with Crippen LogP contribution in [0.4, 0.5) is 0 Å². The molecule has 1 spiro atoms. The molecule has 3 heterocycles. The molecule has 2 aliphatic heterocycles. The summed E-state index contributed by atoms with van der Waals surface area (Å²) >= 11 is 0. The molecule has 1 amide bonds. The van der Waals surface area contributed by atoms with E-state index >= 15 is 0 Å². The third-order valence-corrected chi connectivity index (χ3v) is 6.81. The van der Waals surface area contributed by atoms with Gasteiger partial charge in [-0.3, -0.25) is 9.59 Å². The molecule has 3 aliphatic rings. The van der Waals surface area contributed by atoms with Gasteiger partial charge in [0.15, 0.2) is 0 Å². The normalized spacial score (nSPS) is 22.3. The van der Waals surface area contributed by atoms with Crippen molar-refractivity contribution in [3.05, 3.63) is 51.9 Å². The lowest BCUT2D eigenvalue weighted by Crippen LogP contribution is -2.50. The van der Waals surface area contributed by atoms with E-state index < -0.39 is 0 Å². The van der Waals surface area contributed by atoms with Gasteiger partial charge in [0.05, 0.1) is 11.7 Å². The Kier molecular flexibility index (Phi) is 5.49. The average Bonchev–Trinajstić information content (AvgIpc) is 3.38. The minimum Gasteiger partial charge on any atom is -0.341 e. The van der Waals surface area contributed by atoms with Crippen LogP contribution in [-0.2, 0) is 16.6 Å². The van der Waals surface area contributed by atoms with Crippen LogP contribution in [0.3, 0.4) is 0 Å². The summed E-state index contributed by atoms with van der Waals surface area (Å²) in [5.41, 5.74) is 2.68. The maximum atomic E-state index is 12.7. The van der Waals surface area contributed by atoms with Crippen molar-refractivity contribution in [2.45, 2.75) is 50.0 Å². The fourth-order valence-corrected chi connectivity index (χ4v) is 5.14. The largest absolute Gasteiger partial charge is 0.341 e. The van der Waals surface area contributed by atoms with Gasteiger partial charge in [-0.1, -0.05) is 30.3 Å². The highest BCUT2D eigenvalue weighted by Gasteiger charge is 2.45. The standard InChI is InChI=1S/C22H26N4O2.ClH/c27-20-16-8-9-22(18(16)24-19(25-20)15-5-2-1-3-6-15)10-13-26(14-11-22)21(28)17-7-4-12-23-17;/h1-3,5-6,17,23H,4,7-14H2,(H,24,25,27);1H/t17-;/m1./s1. The number of carbonyl (C=O) groups is 1. The van der Waals surface area contributed by atoms with Crippen LogP contribution in [0, 0.1) is 0 Å². The van der Waals surface area contributed by atoms with Gasteiger partial charge in [0.1, 0.15) is 5.82 Å². The van der Waals surface area contributed by atoms with E-state index in [2.05, 4.69) is 10.3 Å². The number of amides is 1. The van der Waals surface area contributed by atoms with Crippen LogP contribution >= 0.6 is 12.4 Å². The van der Waals surface area contributed by atoms with Crippen LogP contribution in [0.25, 0.3) is 11.4 Å². The second kappa shape index (κ2) is 7.92. The number of piperidine rings is 1. The fourth-order valence-electron chi connectivity index (χ4n) is 5.14. The number of nitrogens with zero attached hydrogens (tertiary/aromatic N) is 2. The minimum absolute atomic E-state index is 0. The van der Waals surface area contributed by atoms with Crippen LogP contribution in [0.5, 0.6) is 0 Å². The van der Waals surface area contributed by atoms with Crippen LogP contribution < -0.4 is 10.9 Å². The first-order chi connectivity index (χ1) is 13.7. The van der Waals surface area contributed by atoms with Gasteiger partial charge in [-0.05, 0) is 45.1 Å². The fraction of sp³-hybridized carbons (Fsp3) is 0.500. The molecule has 2 N–H and O–H groups in total. The lowest BCUT2D eigenvalue weighted by molar-refractivity contribution is -0.134. The predicted octanol–water partition coefficient (Wildman–Crippen LogP) is 2.42. The van der Waals surface area contributed by atoms with Gasteiger partial charge >= 0.3 is 0 Å². The molecule has 1 aromatic carbocycles. The van der Waals surface area contributed by atoms with Crippen LogP contribution in [0.2, 0.25) is 0 Å². The summed E-state index contributed by atoms with van der Waals surface area (Å²) in [5.74, 6) is 0.897. The molecule has 2 aromatic rings. The first-order valence-electron chi connectivity index (χ1n) is 10.4. The van der Waals surface area contributed by atoms with E-state index in [0.717, 1.165) is 75.0 Å². The van der Waals surface area contributed by atoms with Crippen LogP contribution in [0.1, 0.15) is 43.4 Å². The van der Waals surface area contributed by atoms with Gasteiger partial charge in [0.2, 0.25) is 5.91 Å². The quantitative estimate of drug-likeness (QED) is 0.791. The predicted molar refractivity (Wildman–Crippen MR) is 114 cm³/mol. The van der Waals surface area contributed by atoms with Gasteiger partial charge in [-0.15, -0.1) is 12.4 Å². The second-order valence-corrected chi connectivity index (χ2v) is 8.36. The number of H-pyrrole nitrogens is 1. The van der Waals surface area contributed by atoms with E-state index in [4.69, 9.17) is 4.98 Å². The molecule has 2 fully saturated rings. The number of rotatable bonds is 2. The Morgan fingerprint density at radius 3 is 2.59 bits per heavy atom. The Morgan fingerprint density at radius 1 is 1.14 bits per heavy atom. The molecule has 5 rings (SSSR count). The number of hydrogen-bond donors (Lipinski definition) is 2. The minimum atomic E-state index is -0.0625. The molecule has 0 bridgehead atoms. The third-order valence-electron chi connectivity index (χ3n) is 6.81. The van der Waals surface area contributed by atoms with Gasteiger partial charge in [0.25, 0.3) is 5.56 Å². The van der Waals surface area contributed by atoms with Gasteiger partial charge in [-0.2, -0.15) is 0 Å². The number of hydrogen-bond acceptors (Lipinski definition) is 4. The molecule has 1 aromatic heterocycles. The van der Waals surface area contributed by atoms with E-state index in [1.165, 1.54) is 0 Å². The summed E-state index contributed by atoms with van der Waals surface area (Å²) in [6, 6.07) is 9.82. The number of benzene rings is 1. The molecular formula is C22H27ClN4O2.